The molecule has 0 saturated carbocycles. The molecule has 1 rings (SSSR count). The zero-order valence-electron chi connectivity index (χ0n) is 12.2. The van der Waals surface area contributed by atoms with Crippen molar-refractivity contribution in [3.05, 3.63) is 0 Å². The Morgan fingerprint density at radius 3 is 2.65 bits per heavy atom. The Labute approximate surface area is 120 Å². The third kappa shape index (κ3) is 8.12. The minimum Gasteiger partial charge on any atom is -0.481 e. The van der Waals surface area contributed by atoms with Crippen LogP contribution in [0.3, 0.4) is 0 Å². The average molecular weight is 286 g/mol. The van der Waals surface area contributed by atoms with Crippen molar-refractivity contribution in [1.29, 1.82) is 0 Å². The number of carbonyl (C=O) groups excluding carboxylic acids is 1. The van der Waals surface area contributed by atoms with Crippen LogP contribution in [0, 0.1) is 5.92 Å². The fourth-order valence-corrected chi connectivity index (χ4v) is 2.19. The van der Waals surface area contributed by atoms with E-state index in [-0.39, 0.29) is 18.4 Å². The molecule has 1 aliphatic heterocycles. The van der Waals surface area contributed by atoms with Gasteiger partial charge in [0.1, 0.15) is 0 Å². The van der Waals surface area contributed by atoms with E-state index < -0.39 is 5.97 Å². The summed E-state index contributed by atoms with van der Waals surface area (Å²) < 4.78 is 5.24. The van der Waals surface area contributed by atoms with E-state index in [1.807, 2.05) is 6.92 Å². The summed E-state index contributed by atoms with van der Waals surface area (Å²) in [5.74, 6) is -0.368. The van der Waals surface area contributed by atoms with Crippen LogP contribution in [0.15, 0.2) is 0 Å². The predicted octanol–water partition coefficient (Wildman–Crippen LogP) is 0.762. The van der Waals surface area contributed by atoms with Gasteiger partial charge in [-0.3, -0.25) is 9.59 Å². The highest BCUT2D eigenvalue weighted by Crippen LogP contribution is 2.09. The zero-order valence-corrected chi connectivity index (χ0v) is 12.2. The SMILES string of the molecule is CC(CCNCC(=O)NC1CCOCC1)CCC(=O)O. The second-order valence-corrected chi connectivity index (χ2v) is 5.46. The van der Waals surface area contributed by atoms with Crippen LogP contribution in [-0.4, -0.2) is 49.3 Å². The van der Waals surface area contributed by atoms with E-state index >= 15 is 0 Å². The van der Waals surface area contributed by atoms with Crippen LogP contribution >= 0.6 is 0 Å². The smallest absolute Gasteiger partial charge is 0.303 e. The summed E-state index contributed by atoms with van der Waals surface area (Å²) >= 11 is 0. The third-order valence-corrected chi connectivity index (χ3v) is 3.54. The van der Waals surface area contributed by atoms with Gasteiger partial charge in [0.25, 0.3) is 0 Å². The van der Waals surface area contributed by atoms with Gasteiger partial charge in [0, 0.05) is 25.7 Å². The number of hydrogen-bond acceptors (Lipinski definition) is 4. The Morgan fingerprint density at radius 2 is 2.00 bits per heavy atom. The number of nitrogens with one attached hydrogen (secondary N) is 2. The molecule has 0 aromatic heterocycles. The van der Waals surface area contributed by atoms with Gasteiger partial charge in [-0.25, -0.2) is 0 Å². The molecule has 6 heteroatoms. The van der Waals surface area contributed by atoms with E-state index in [0.717, 1.165) is 39.0 Å². The molecule has 1 amide bonds. The molecule has 3 N–H and O–H groups in total. The lowest BCUT2D eigenvalue weighted by atomic mass is 10.0. The summed E-state index contributed by atoms with van der Waals surface area (Å²) in [6.07, 6.45) is 3.56. The normalized spacial score (nSPS) is 17.6. The molecule has 116 valence electrons. The van der Waals surface area contributed by atoms with E-state index in [2.05, 4.69) is 10.6 Å². The van der Waals surface area contributed by atoms with Gasteiger partial charge in [-0.1, -0.05) is 6.92 Å². The molecule has 6 nitrogen and oxygen atoms in total. The molecule has 1 aliphatic rings. The van der Waals surface area contributed by atoms with Gasteiger partial charge in [0.15, 0.2) is 0 Å². The quantitative estimate of drug-likeness (QED) is 0.545. The largest absolute Gasteiger partial charge is 0.481 e. The first kappa shape index (κ1) is 16.9. The van der Waals surface area contributed by atoms with Crippen LogP contribution in [0.2, 0.25) is 0 Å². The van der Waals surface area contributed by atoms with Crippen molar-refractivity contribution in [2.45, 2.75) is 45.1 Å². The van der Waals surface area contributed by atoms with Crippen molar-refractivity contribution in [1.82, 2.24) is 10.6 Å². The van der Waals surface area contributed by atoms with Gasteiger partial charge in [-0.15, -0.1) is 0 Å². The minimum absolute atomic E-state index is 0.0232. The van der Waals surface area contributed by atoms with Gasteiger partial charge in [-0.05, 0) is 38.1 Å². The van der Waals surface area contributed by atoms with Crippen molar-refractivity contribution in [3.8, 4) is 0 Å². The summed E-state index contributed by atoms with van der Waals surface area (Å²) in [6.45, 7) is 4.54. The Bertz CT molecular complexity index is 304. The van der Waals surface area contributed by atoms with E-state index in [4.69, 9.17) is 9.84 Å². The summed E-state index contributed by atoms with van der Waals surface area (Å²) in [5.41, 5.74) is 0. The van der Waals surface area contributed by atoms with Crippen molar-refractivity contribution in [2.24, 2.45) is 5.92 Å². The van der Waals surface area contributed by atoms with Crippen LogP contribution in [-0.2, 0) is 14.3 Å². The number of carboxylic acid groups (broad SMARTS) is 1. The fraction of sp³-hybridized carbons (Fsp3) is 0.857. The monoisotopic (exact) mass is 286 g/mol. The third-order valence-electron chi connectivity index (χ3n) is 3.54. The summed E-state index contributed by atoms with van der Waals surface area (Å²) in [5, 5.41) is 14.7. The van der Waals surface area contributed by atoms with Crippen LogP contribution in [0.4, 0.5) is 0 Å². The molecule has 1 heterocycles. The molecule has 1 atom stereocenters. The van der Waals surface area contributed by atoms with Crippen LogP contribution < -0.4 is 10.6 Å². The molecule has 0 aromatic rings. The molecular formula is C14H26N2O4. The number of rotatable bonds is 9. The summed E-state index contributed by atoms with van der Waals surface area (Å²) in [6, 6.07) is 0.243. The maximum Gasteiger partial charge on any atom is 0.303 e. The molecule has 1 saturated heterocycles. The topological polar surface area (TPSA) is 87.7 Å². The first-order valence-electron chi connectivity index (χ1n) is 7.37. The lowest BCUT2D eigenvalue weighted by molar-refractivity contribution is -0.137. The molecule has 20 heavy (non-hydrogen) atoms. The molecule has 0 aromatic carbocycles. The maximum absolute atomic E-state index is 11.7. The number of amides is 1. The first-order valence-corrected chi connectivity index (χ1v) is 7.37. The molecule has 1 fully saturated rings. The lowest BCUT2D eigenvalue weighted by Crippen LogP contribution is -2.43. The van der Waals surface area contributed by atoms with E-state index in [9.17, 15) is 9.59 Å². The molecular weight excluding hydrogens is 260 g/mol. The Hall–Kier alpha value is -1.14. The van der Waals surface area contributed by atoms with Crippen molar-refractivity contribution < 1.29 is 19.4 Å². The predicted molar refractivity (Wildman–Crippen MR) is 75.5 cm³/mol. The molecule has 0 spiro atoms. The van der Waals surface area contributed by atoms with E-state index in [1.165, 1.54) is 0 Å². The molecule has 0 aliphatic carbocycles. The standard InChI is InChI=1S/C14H26N2O4/c1-11(2-3-14(18)19)4-7-15-10-13(17)16-12-5-8-20-9-6-12/h11-12,15H,2-10H2,1H3,(H,16,17)(H,18,19). The summed E-state index contributed by atoms with van der Waals surface area (Å²) in [4.78, 5) is 22.1. The average Bonchev–Trinajstić information content (AvgIpc) is 2.42. The second-order valence-electron chi connectivity index (χ2n) is 5.46. The minimum atomic E-state index is -0.749. The first-order chi connectivity index (χ1) is 9.58. The second kappa shape index (κ2) is 9.72. The highest BCUT2D eigenvalue weighted by atomic mass is 16.5. The van der Waals surface area contributed by atoms with Gasteiger partial charge < -0.3 is 20.5 Å². The van der Waals surface area contributed by atoms with Crippen molar-refractivity contribution in [2.75, 3.05) is 26.3 Å². The summed E-state index contributed by atoms with van der Waals surface area (Å²) in [7, 11) is 0. The van der Waals surface area contributed by atoms with Crippen LogP contribution in [0.1, 0.15) is 39.0 Å². The van der Waals surface area contributed by atoms with Crippen molar-refractivity contribution >= 4 is 11.9 Å². The number of aliphatic carboxylic acids is 1. The van der Waals surface area contributed by atoms with Crippen LogP contribution in [0.5, 0.6) is 0 Å². The van der Waals surface area contributed by atoms with Crippen molar-refractivity contribution in [3.63, 3.8) is 0 Å². The number of carboxylic acids is 1. The lowest BCUT2D eigenvalue weighted by Gasteiger charge is -2.23. The fourth-order valence-electron chi connectivity index (χ4n) is 2.19. The molecule has 0 radical (unpaired) electrons. The maximum atomic E-state index is 11.7. The van der Waals surface area contributed by atoms with Gasteiger partial charge in [0.05, 0.1) is 6.54 Å². The Balaban J connectivity index is 1.99. The highest BCUT2D eigenvalue weighted by Gasteiger charge is 2.15. The van der Waals surface area contributed by atoms with E-state index in [0.29, 0.717) is 18.9 Å². The number of hydrogen-bond donors (Lipinski definition) is 3. The van der Waals surface area contributed by atoms with Gasteiger partial charge in [-0.2, -0.15) is 0 Å². The molecule has 0 bridgehead atoms. The van der Waals surface area contributed by atoms with E-state index in [1.54, 1.807) is 0 Å². The van der Waals surface area contributed by atoms with Gasteiger partial charge >= 0.3 is 5.97 Å². The van der Waals surface area contributed by atoms with Gasteiger partial charge in [0.2, 0.25) is 5.91 Å². The Morgan fingerprint density at radius 1 is 1.30 bits per heavy atom. The van der Waals surface area contributed by atoms with Crippen LogP contribution in [0.25, 0.3) is 0 Å². The Kier molecular flexibility index (Phi) is 8.22. The molecule has 1 unspecified atom stereocenters. The zero-order chi connectivity index (χ0) is 14.8. The number of carbonyl (C=O) groups is 2. The number of ether oxygens (including phenoxy) is 1. The highest BCUT2D eigenvalue weighted by molar-refractivity contribution is 5.78.